The lowest BCUT2D eigenvalue weighted by Crippen LogP contribution is -2.61. The smallest absolute Gasteiger partial charge is 0.305 e. The first kappa shape index (κ1) is 22.1. The van der Waals surface area contributed by atoms with E-state index in [1.165, 1.54) is 12.2 Å². The van der Waals surface area contributed by atoms with Crippen LogP contribution in [0.15, 0.2) is 36.0 Å². The minimum Gasteiger partial charge on any atom is -0.458 e. The van der Waals surface area contributed by atoms with E-state index >= 15 is 4.39 Å². The Morgan fingerprint density at radius 3 is 2.61 bits per heavy atom. The Kier molecular flexibility index (Phi) is 4.97. The fourth-order valence-corrected chi connectivity index (χ4v) is 6.80. The van der Waals surface area contributed by atoms with Crippen molar-refractivity contribution in [1.29, 1.82) is 0 Å². The number of aliphatic hydroxyl groups is 1. The van der Waals surface area contributed by atoms with Crippen LogP contribution in [-0.4, -0.2) is 40.5 Å². The molecule has 2 fully saturated rings. The number of allylic oxidation sites excluding steroid dienone is 5. The van der Waals surface area contributed by atoms with Crippen LogP contribution >= 0.6 is 0 Å². The molecular formula is C25H31FO5. The molecule has 0 aliphatic heterocycles. The van der Waals surface area contributed by atoms with Crippen LogP contribution in [0.5, 0.6) is 0 Å². The second-order valence-corrected chi connectivity index (χ2v) is 10.1. The minimum atomic E-state index is -1.74. The number of ether oxygens (including phenoxy) is 1. The summed E-state index contributed by atoms with van der Waals surface area (Å²) in [4.78, 5) is 36.5. The van der Waals surface area contributed by atoms with Crippen molar-refractivity contribution < 1.29 is 28.6 Å². The quantitative estimate of drug-likeness (QED) is 0.544. The summed E-state index contributed by atoms with van der Waals surface area (Å²) in [7, 11) is 0. The predicted octanol–water partition coefficient (Wildman–Crippen LogP) is 3.66. The van der Waals surface area contributed by atoms with Gasteiger partial charge in [0.25, 0.3) is 0 Å². The number of carbonyl (C=O) groups excluding carboxylic acids is 3. The van der Waals surface area contributed by atoms with E-state index in [4.69, 9.17) is 4.74 Å². The lowest BCUT2D eigenvalue weighted by molar-refractivity contribution is -0.166. The molecule has 0 heterocycles. The molecule has 5 nitrogen and oxygen atoms in total. The summed E-state index contributed by atoms with van der Waals surface area (Å²) in [6.45, 7) is 6.63. The zero-order valence-corrected chi connectivity index (χ0v) is 18.6. The Morgan fingerprint density at radius 2 is 1.94 bits per heavy atom. The molecule has 0 saturated heterocycles. The molecule has 0 spiro atoms. The third-order valence-electron chi connectivity index (χ3n) is 8.77. The Balaban J connectivity index is 1.73. The van der Waals surface area contributed by atoms with Crippen LogP contribution < -0.4 is 0 Å². The van der Waals surface area contributed by atoms with Gasteiger partial charge in [0.1, 0.15) is 11.3 Å². The van der Waals surface area contributed by atoms with Crippen molar-refractivity contribution in [2.45, 2.75) is 64.6 Å². The third-order valence-corrected chi connectivity index (χ3v) is 8.77. The van der Waals surface area contributed by atoms with Crippen LogP contribution in [0.3, 0.4) is 0 Å². The number of halogens is 1. The highest BCUT2D eigenvalue weighted by Crippen LogP contribution is 2.68. The second-order valence-electron chi connectivity index (χ2n) is 10.1. The van der Waals surface area contributed by atoms with Crippen molar-refractivity contribution in [2.75, 3.05) is 6.61 Å². The normalized spacial score (nSPS) is 45.4. The molecule has 0 radical (unpaired) electrons. The summed E-state index contributed by atoms with van der Waals surface area (Å²) in [6, 6.07) is 0. The van der Waals surface area contributed by atoms with E-state index in [-0.39, 0.29) is 18.1 Å². The van der Waals surface area contributed by atoms with Crippen LogP contribution in [0.1, 0.15) is 53.4 Å². The average molecular weight is 431 g/mol. The first-order chi connectivity index (χ1) is 14.4. The molecule has 0 bridgehead atoms. The number of hydrogen-bond donors (Lipinski definition) is 1. The topological polar surface area (TPSA) is 80.7 Å². The van der Waals surface area contributed by atoms with E-state index in [1.807, 2.05) is 20.8 Å². The summed E-state index contributed by atoms with van der Waals surface area (Å²) in [5, 5.41) is 11.7. The van der Waals surface area contributed by atoms with E-state index in [9.17, 15) is 19.5 Å². The molecule has 0 amide bonds. The van der Waals surface area contributed by atoms with Crippen molar-refractivity contribution in [2.24, 2.45) is 28.6 Å². The monoisotopic (exact) mass is 430 g/mol. The highest BCUT2D eigenvalue weighted by Gasteiger charge is 2.71. The lowest BCUT2D eigenvalue weighted by Gasteiger charge is -2.57. The van der Waals surface area contributed by atoms with Crippen LogP contribution in [0.25, 0.3) is 0 Å². The van der Waals surface area contributed by atoms with Crippen LogP contribution in [-0.2, 0) is 19.1 Å². The van der Waals surface area contributed by atoms with Gasteiger partial charge in [0, 0.05) is 23.2 Å². The number of fused-ring (bicyclic) bond motifs is 5. The van der Waals surface area contributed by atoms with E-state index < -0.39 is 52.3 Å². The maximum atomic E-state index is 16.8. The van der Waals surface area contributed by atoms with Gasteiger partial charge in [-0.1, -0.05) is 38.5 Å². The van der Waals surface area contributed by atoms with Gasteiger partial charge in [0.15, 0.2) is 12.4 Å². The fourth-order valence-electron chi connectivity index (χ4n) is 6.80. The van der Waals surface area contributed by atoms with Crippen molar-refractivity contribution in [3.05, 3.63) is 36.0 Å². The zero-order chi connectivity index (χ0) is 22.8. The van der Waals surface area contributed by atoms with Gasteiger partial charge in [-0.05, 0) is 56.3 Å². The Labute approximate surface area is 182 Å². The number of carbonyl (C=O) groups is 3. The molecule has 4 aliphatic carbocycles. The van der Waals surface area contributed by atoms with E-state index in [0.29, 0.717) is 19.3 Å². The standard InChI is InChI=1S/C25H31FO5/c1-5-21(29)31-14-20(28)25(30)15(2)12-19-18-7-6-16-13-17(27)8-9-22(16,3)24(18,26)11-10-23(19,25)4/h8-11,13,15,18-19,30H,5-7,12,14H2,1-4H3/t15?,18-,19-,22-,23-,24+,25-/m0/s1. The van der Waals surface area contributed by atoms with Gasteiger partial charge < -0.3 is 9.84 Å². The van der Waals surface area contributed by atoms with E-state index in [0.717, 1.165) is 5.57 Å². The van der Waals surface area contributed by atoms with E-state index in [2.05, 4.69) is 0 Å². The Morgan fingerprint density at radius 1 is 1.23 bits per heavy atom. The third kappa shape index (κ3) is 2.73. The van der Waals surface area contributed by atoms with Gasteiger partial charge in [-0.25, -0.2) is 4.39 Å². The molecule has 1 N–H and O–H groups in total. The Hall–Kier alpha value is -2.08. The highest BCUT2D eigenvalue weighted by atomic mass is 19.1. The first-order valence-electron chi connectivity index (χ1n) is 11.2. The summed E-state index contributed by atoms with van der Waals surface area (Å²) < 4.78 is 21.9. The van der Waals surface area contributed by atoms with Gasteiger partial charge in [0.05, 0.1) is 0 Å². The molecule has 4 aliphatic rings. The molecule has 6 heteroatoms. The van der Waals surface area contributed by atoms with Gasteiger partial charge in [-0.2, -0.15) is 0 Å². The molecule has 7 atom stereocenters. The maximum Gasteiger partial charge on any atom is 0.305 e. The largest absolute Gasteiger partial charge is 0.458 e. The second kappa shape index (κ2) is 6.96. The minimum absolute atomic E-state index is 0.116. The number of alkyl halides is 1. The van der Waals surface area contributed by atoms with Crippen LogP contribution in [0.4, 0.5) is 4.39 Å². The van der Waals surface area contributed by atoms with Gasteiger partial charge in [0.2, 0.25) is 5.78 Å². The molecular weight excluding hydrogens is 399 g/mol. The number of hydrogen-bond acceptors (Lipinski definition) is 5. The van der Waals surface area contributed by atoms with Crippen molar-refractivity contribution >= 4 is 17.5 Å². The summed E-state index contributed by atoms with van der Waals surface area (Å²) >= 11 is 0. The molecule has 31 heavy (non-hydrogen) atoms. The maximum absolute atomic E-state index is 16.8. The molecule has 168 valence electrons. The van der Waals surface area contributed by atoms with Gasteiger partial charge in [-0.3, -0.25) is 14.4 Å². The number of esters is 1. The molecule has 0 aromatic heterocycles. The Bertz CT molecular complexity index is 934. The number of rotatable bonds is 4. The predicted molar refractivity (Wildman–Crippen MR) is 113 cm³/mol. The van der Waals surface area contributed by atoms with Gasteiger partial charge in [-0.15, -0.1) is 0 Å². The van der Waals surface area contributed by atoms with Crippen molar-refractivity contribution in [1.82, 2.24) is 0 Å². The molecule has 1 unspecified atom stereocenters. The molecule has 2 saturated carbocycles. The van der Waals surface area contributed by atoms with Gasteiger partial charge >= 0.3 is 5.97 Å². The summed E-state index contributed by atoms with van der Waals surface area (Å²) in [6.07, 6.45) is 9.68. The van der Waals surface area contributed by atoms with Crippen molar-refractivity contribution in [3.63, 3.8) is 0 Å². The average Bonchev–Trinajstić information content (AvgIpc) is 2.94. The SMILES string of the molecule is CCC(=O)OCC(=O)[C@@]1(O)C(C)C[C@H]2[C@@H]3CCC4=CC(=O)C=C[C@]4(C)[C@@]3(F)C=C[C@@]21C. The van der Waals surface area contributed by atoms with E-state index in [1.54, 1.807) is 25.2 Å². The first-order valence-corrected chi connectivity index (χ1v) is 11.2. The van der Waals surface area contributed by atoms with Crippen LogP contribution in [0, 0.1) is 28.6 Å². The number of ketones is 2. The van der Waals surface area contributed by atoms with Crippen molar-refractivity contribution in [3.8, 4) is 0 Å². The number of Topliss-reactive ketones (excluding diaryl/α,β-unsaturated/α-hetero) is 1. The highest BCUT2D eigenvalue weighted by molar-refractivity contribution is 6.01. The molecule has 0 aromatic carbocycles. The molecule has 0 aromatic rings. The molecule has 4 rings (SSSR count). The zero-order valence-electron chi connectivity index (χ0n) is 18.6. The lowest BCUT2D eigenvalue weighted by atomic mass is 9.48. The fraction of sp³-hybridized carbons (Fsp3) is 0.640. The summed E-state index contributed by atoms with van der Waals surface area (Å²) in [5.41, 5.74) is -4.53. The summed E-state index contributed by atoms with van der Waals surface area (Å²) in [5.74, 6) is -2.20. The van der Waals surface area contributed by atoms with Crippen LogP contribution in [0.2, 0.25) is 0 Å².